The summed E-state index contributed by atoms with van der Waals surface area (Å²) in [4.78, 5) is 27.8. The number of halogens is 1. The maximum atomic E-state index is 12.4. The number of carbonyl (C=O) groups is 1. The highest BCUT2D eigenvalue weighted by molar-refractivity contribution is 6.18. The van der Waals surface area contributed by atoms with Crippen molar-refractivity contribution in [2.45, 2.75) is 25.6 Å². The number of amides is 1. The van der Waals surface area contributed by atoms with Crippen LogP contribution in [0.5, 0.6) is 0 Å². The molecule has 1 aromatic rings. The van der Waals surface area contributed by atoms with Crippen LogP contribution in [0.15, 0.2) is 23.1 Å². The molecule has 1 aliphatic rings. The van der Waals surface area contributed by atoms with E-state index in [0.29, 0.717) is 24.5 Å². The highest BCUT2D eigenvalue weighted by atomic mass is 35.5. The standard InChI is InChI=1S/C13H17ClN2O3/c1-13(2)8-16(7-10(6-14)19-13)12(18)9-3-4-15-11(17)5-9/h3-5,10H,6-8H2,1-2H3,(H,15,17). The first-order chi connectivity index (χ1) is 8.91. The number of nitrogens with one attached hydrogen (secondary N) is 1. The number of hydrogen-bond donors (Lipinski definition) is 1. The largest absolute Gasteiger partial charge is 0.367 e. The molecule has 1 aromatic heterocycles. The minimum Gasteiger partial charge on any atom is -0.367 e. The lowest BCUT2D eigenvalue weighted by atomic mass is 10.0. The number of morpholine rings is 1. The zero-order valence-corrected chi connectivity index (χ0v) is 11.7. The Balaban J connectivity index is 2.21. The second-order valence-electron chi connectivity index (χ2n) is 5.28. The fraction of sp³-hybridized carbons (Fsp3) is 0.538. The topological polar surface area (TPSA) is 62.4 Å². The van der Waals surface area contributed by atoms with Crippen molar-refractivity contribution in [2.75, 3.05) is 19.0 Å². The van der Waals surface area contributed by atoms with Crippen LogP contribution in [0.25, 0.3) is 0 Å². The summed E-state index contributed by atoms with van der Waals surface area (Å²) >= 11 is 5.83. The molecule has 0 aromatic carbocycles. The molecule has 1 amide bonds. The van der Waals surface area contributed by atoms with Crippen LogP contribution >= 0.6 is 11.6 Å². The van der Waals surface area contributed by atoms with Crippen molar-refractivity contribution in [1.29, 1.82) is 0 Å². The van der Waals surface area contributed by atoms with Crippen molar-refractivity contribution in [1.82, 2.24) is 9.88 Å². The Morgan fingerprint density at radius 2 is 2.37 bits per heavy atom. The lowest BCUT2D eigenvalue weighted by Crippen LogP contribution is -2.55. The minimum absolute atomic E-state index is 0.169. The van der Waals surface area contributed by atoms with Crippen molar-refractivity contribution < 1.29 is 9.53 Å². The first-order valence-corrected chi connectivity index (χ1v) is 6.66. The van der Waals surface area contributed by atoms with Crippen molar-refractivity contribution in [3.63, 3.8) is 0 Å². The van der Waals surface area contributed by atoms with Gasteiger partial charge in [-0.3, -0.25) is 9.59 Å². The fourth-order valence-electron chi connectivity index (χ4n) is 2.29. The molecule has 0 aliphatic carbocycles. The third kappa shape index (κ3) is 3.36. The number of rotatable bonds is 2. The van der Waals surface area contributed by atoms with E-state index >= 15 is 0 Å². The molecule has 0 spiro atoms. The monoisotopic (exact) mass is 284 g/mol. The zero-order valence-electron chi connectivity index (χ0n) is 11.0. The van der Waals surface area contributed by atoms with E-state index in [-0.39, 0.29) is 17.6 Å². The number of alkyl halides is 1. The van der Waals surface area contributed by atoms with Gasteiger partial charge in [0.25, 0.3) is 5.91 Å². The number of aromatic amines is 1. The smallest absolute Gasteiger partial charge is 0.254 e. The molecule has 6 heteroatoms. The van der Waals surface area contributed by atoms with Gasteiger partial charge in [0.05, 0.1) is 17.6 Å². The van der Waals surface area contributed by atoms with E-state index in [0.717, 1.165) is 0 Å². The van der Waals surface area contributed by atoms with E-state index in [1.54, 1.807) is 11.0 Å². The molecule has 1 N–H and O–H groups in total. The third-order valence-corrected chi connectivity index (χ3v) is 3.31. The molecular formula is C13H17ClN2O3. The van der Waals surface area contributed by atoms with Gasteiger partial charge in [-0.05, 0) is 19.9 Å². The molecule has 104 valence electrons. The molecule has 2 heterocycles. The lowest BCUT2D eigenvalue weighted by molar-refractivity contribution is -0.117. The summed E-state index contributed by atoms with van der Waals surface area (Å²) < 4.78 is 5.77. The summed E-state index contributed by atoms with van der Waals surface area (Å²) in [6.45, 7) is 4.76. The van der Waals surface area contributed by atoms with Crippen LogP contribution in [-0.2, 0) is 4.74 Å². The summed E-state index contributed by atoms with van der Waals surface area (Å²) in [5.41, 5.74) is -0.337. The summed E-state index contributed by atoms with van der Waals surface area (Å²) in [6.07, 6.45) is 1.29. The Morgan fingerprint density at radius 3 is 3.00 bits per heavy atom. The Hall–Kier alpha value is -1.33. The predicted octanol–water partition coefficient (Wildman–Crippen LogP) is 1.23. The molecule has 1 unspecified atom stereocenters. The maximum absolute atomic E-state index is 12.4. The van der Waals surface area contributed by atoms with E-state index in [4.69, 9.17) is 16.3 Å². The van der Waals surface area contributed by atoms with Crippen molar-refractivity contribution in [3.8, 4) is 0 Å². The van der Waals surface area contributed by atoms with Crippen molar-refractivity contribution in [3.05, 3.63) is 34.2 Å². The van der Waals surface area contributed by atoms with Crippen molar-refractivity contribution in [2.24, 2.45) is 0 Å². The molecule has 2 rings (SSSR count). The quantitative estimate of drug-likeness (QED) is 0.831. The van der Waals surface area contributed by atoms with E-state index in [1.807, 2.05) is 13.8 Å². The first-order valence-electron chi connectivity index (χ1n) is 6.13. The second-order valence-corrected chi connectivity index (χ2v) is 5.59. The molecule has 19 heavy (non-hydrogen) atoms. The normalized spacial score (nSPS) is 22.3. The van der Waals surface area contributed by atoms with Gasteiger partial charge in [0.2, 0.25) is 5.56 Å². The highest BCUT2D eigenvalue weighted by Gasteiger charge is 2.35. The van der Waals surface area contributed by atoms with Crippen LogP contribution < -0.4 is 5.56 Å². The SMILES string of the molecule is CC1(C)CN(C(=O)c2cc[nH]c(=O)c2)CC(CCl)O1. The average molecular weight is 285 g/mol. The van der Waals surface area contributed by atoms with Gasteiger partial charge >= 0.3 is 0 Å². The second kappa shape index (κ2) is 5.35. The zero-order chi connectivity index (χ0) is 14.0. The summed E-state index contributed by atoms with van der Waals surface area (Å²) in [7, 11) is 0. The van der Waals surface area contributed by atoms with Gasteiger partial charge in [-0.1, -0.05) is 0 Å². The molecule has 0 radical (unpaired) electrons. The Kier molecular flexibility index (Phi) is 3.96. The maximum Gasteiger partial charge on any atom is 0.254 e. The third-order valence-electron chi connectivity index (χ3n) is 2.96. The highest BCUT2D eigenvalue weighted by Crippen LogP contribution is 2.22. The van der Waals surface area contributed by atoms with E-state index in [1.165, 1.54) is 12.3 Å². The van der Waals surface area contributed by atoms with Crippen LogP contribution in [0.4, 0.5) is 0 Å². The van der Waals surface area contributed by atoms with Crippen LogP contribution in [0, 0.1) is 0 Å². The number of hydrogen-bond acceptors (Lipinski definition) is 3. The van der Waals surface area contributed by atoms with Crippen LogP contribution in [-0.4, -0.2) is 46.5 Å². The molecule has 1 fully saturated rings. The molecule has 0 saturated carbocycles. The number of H-pyrrole nitrogens is 1. The van der Waals surface area contributed by atoms with Crippen LogP contribution in [0.3, 0.4) is 0 Å². The summed E-state index contributed by atoms with van der Waals surface area (Å²) in [6, 6.07) is 2.91. The van der Waals surface area contributed by atoms with E-state index in [9.17, 15) is 9.59 Å². The Morgan fingerprint density at radius 1 is 1.63 bits per heavy atom. The fourth-order valence-corrected chi connectivity index (χ4v) is 2.45. The van der Waals surface area contributed by atoms with Gasteiger partial charge in [-0.25, -0.2) is 0 Å². The van der Waals surface area contributed by atoms with Gasteiger partial charge in [0, 0.05) is 30.9 Å². The number of ether oxygens (including phenoxy) is 1. The number of pyridine rings is 1. The van der Waals surface area contributed by atoms with Gasteiger partial charge in [-0.15, -0.1) is 11.6 Å². The Bertz CT molecular complexity index is 527. The number of aromatic nitrogens is 1. The van der Waals surface area contributed by atoms with Gasteiger partial charge in [-0.2, -0.15) is 0 Å². The van der Waals surface area contributed by atoms with Gasteiger partial charge in [0.1, 0.15) is 0 Å². The predicted molar refractivity (Wildman–Crippen MR) is 72.6 cm³/mol. The molecular weight excluding hydrogens is 268 g/mol. The molecule has 5 nitrogen and oxygen atoms in total. The summed E-state index contributed by atoms with van der Waals surface area (Å²) in [5.74, 6) is 0.167. The molecule has 1 atom stereocenters. The molecule has 1 aliphatic heterocycles. The molecule has 0 bridgehead atoms. The van der Waals surface area contributed by atoms with Gasteiger partial charge < -0.3 is 14.6 Å². The van der Waals surface area contributed by atoms with Crippen molar-refractivity contribution >= 4 is 17.5 Å². The van der Waals surface area contributed by atoms with Gasteiger partial charge in [0.15, 0.2) is 0 Å². The molecule has 1 saturated heterocycles. The minimum atomic E-state index is -0.436. The lowest BCUT2D eigenvalue weighted by Gasteiger charge is -2.42. The first kappa shape index (κ1) is 14.1. The van der Waals surface area contributed by atoms with Crippen LogP contribution in [0.2, 0.25) is 0 Å². The van der Waals surface area contributed by atoms with E-state index in [2.05, 4.69) is 4.98 Å². The average Bonchev–Trinajstić information content (AvgIpc) is 2.36. The van der Waals surface area contributed by atoms with E-state index < -0.39 is 5.60 Å². The van der Waals surface area contributed by atoms with Crippen LogP contribution in [0.1, 0.15) is 24.2 Å². The number of nitrogens with zero attached hydrogens (tertiary/aromatic N) is 1. The summed E-state index contributed by atoms with van der Waals surface area (Å²) in [5, 5.41) is 0. The number of carbonyl (C=O) groups excluding carboxylic acids is 1. The Labute approximate surface area is 116 Å².